The third kappa shape index (κ3) is 10.9. The third-order valence-corrected chi connectivity index (χ3v) is 7.33. The molecule has 2 bridgehead atoms. The van der Waals surface area contributed by atoms with E-state index < -0.39 is 72.2 Å². The van der Waals surface area contributed by atoms with Crippen LogP contribution in [-0.4, -0.2) is 92.3 Å². The molecule has 258 valence electrons. The van der Waals surface area contributed by atoms with Crippen molar-refractivity contribution in [3.05, 3.63) is 77.6 Å². The van der Waals surface area contributed by atoms with Crippen molar-refractivity contribution in [3.8, 4) is 5.75 Å². The number of carbonyl (C=O) groups is 7. The number of nitrogens with two attached hydrogens (primary N) is 1. The van der Waals surface area contributed by atoms with Crippen molar-refractivity contribution in [2.24, 2.45) is 5.73 Å². The van der Waals surface area contributed by atoms with E-state index in [4.69, 9.17) is 5.73 Å². The van der Waals surface area contributed by atoms with Crippen molar-refractivity contribution in [1.29, 1.82) is 0 Å². The summed E-state index contributed by atoms with van der Waals surface area (Å²) in [4.78, 5) is 90.1. The molecule has 1 unspecified atom stereocenters. The van der Waals surface area contributed by atoms with Gasteiger partial charge in [-0.25, -0.2) is 9.48 Å². The Kier molecular flexibility index (Phi) is 11.9. The van der Waals surface area contributed by atoms with Crippen LogP contribution in [0, 0.1) is 0 Å². The number of hydrogen-bond acceptors (Lipinski definition) is 10. The Bertz CT molecular complexity index is 1700. The van der Waals surface area contributed by atoms with Crippen molar-refractivity contribution in [2.45, 2.75) is 56.9 Å². The van der Waals surface area contributed by atoms with Crippen LogP contribution in [0.5, 0.6) is 5.75 Å². The van der Waals surface area contributed by atoms with Crippen molar-refractivity contribution in [1.82, 2.24) is 46.9 Å². The number of urea groups is 1. The predicted molar refractivity (Wildman–Crippen MR) is 170 cm³/mol. The molecule has 18 heteroatoms. The van der Waals surface area contributed by atoms with Crippen molar-refractivity contribution in [2.75, 3.05) is 6.54 Å². The first-order chi connectivity index (χ1) is 23.4. The van der Waals surface area contributed by atoms with Crippen LogP contribution in [0.1, 0.15) is 23.7 Å². The molecule has 4 rings (SSSR count). The number of nitrogens with zero attached hydrogens (tertiary/aromatic N) is 3. The summed E-state index contributed by atoms with van der Waals surface area (Å²) in [5.74, 6) is -4.79. The zero-order chi connectivity index (χ0) is 35.5. The average molecular weight is 677 g/mol. The van der Waals surface area contributed by atoms with Gasteiger partial charge in [-0.1, -0.05) is 47.7 Å². The number of benzene rings is 2. The van der Waals surface area contributed by atoms with Crippen LogP contribution >= 0.6 is 0 Å². The molecule has 49 heavy (non-hydrogen) atoms. The number of phenolic OH excluding ortho intramolecular Hbond substituents is 1. The number of phenols is 1. The molecule has 8 amide bonds. The van der Waals surface area contributed by atoms with E-state index in [1.54, 1.807) is 42.5 Å². The highest BCUT2D eigenvalue weighted by Gasteiger charge is 2.29. The smallest absolute Gasteiger partial charge is 0.322 e. The standard InChI is InChI=1S/C31H36N10O8/c1-17-28(46)36-23(12-19-7-9-21(42)10-8-19)29(47)33-14-25(43)38-31(49)37-24(11-18-5-3-2-4-6-18)30(48)35-22(27(32)45)13-20-15-41(40-39-20)16-26(44)34-17/h2-10,15,17,22-24,42H,11-14,16H2,1H3,(H2,32,45)(H,33,47)(H,34,44)(H,35,48)(H,36,46)(H2,37,38,43,49)/t17-,22-,23?,24+/m0/s1. The summed E-state index contributed by atoms with van der Waals surface area (Å²) in [6.07, 6.45) is 1.07. The van der Waals surface area contributed by atoms with E-state index in [2.05, 4.69) is 36.9 Å². The molecule has 0 radical (unpaired) electrons. The molecule has 0 saturated heterocycles. The predicted octanol–water partition coefficient (Wildman–Crippen LogP) is -2.70. The van der Waals surface area contributed by atoms with Crippen molar-refractivity contribution in [3.63, 3.8) is 0 Å². The van der Waals surface area contributed by atoms with Gasteiger partial charge in [0.05, 0.1) is 12.2 Å². The van der Waals surface area contributed by atoms with Gasteiger partial charge in [0.25, 0.3) is 0 Å². The maximum Gasteiger partial charge on any atom is 0.322 e. The molecule has 1 aliphatic rings. The zero-order valence-electron chi connectivity index (χ0n) is 26.3. The number of fused-ring (bicyclic) bond motifs is 2. The van der Waals surface area contributed by atoms with Crippen molar-refractivity contribution < 1.29 is 38.7 Å². The third-order valence-electron chi connectivity index (χ3n) is 7.33. The van der Waals surface area contributed by atoms with Gasteiger partial charge < -0.3 is 37.4 Å². The van der Waals surface area contributed by atoms with Crippen LogP contribution in [0.25, 0.3) is 0 Å². The zero-order valence-corrected chi connectivity index (χ0v) is 26.3. The summed E-state index contributed by atoms with van der Waals surface area (Å²) in [6, 6.07) is 8.53. The lowest BCUT2D eigenvalue weighted by atomic mass is 10.0. The van der Waals surface area contributed by atoms with Crippen LogP contribution in [0.2, 0.25) is 0 Å². The average Bonchev–Trinajstić information content (AvgIpc) is 3.49. The van der Waals surface area contributed by atoms with Crippen LogP contribution in [0.4, 0.5) is 4.79 Å². The van der Waals surface area contributed by atoms with Gasteiger partial charge in [0, 0.05) is 25.5 Å². The number of aromatic hydroxyl groups is 1. The van der Waals surface area contributed by atoms with Crippen LogP contribution in [-0.2, 0) is 54.6 Å². The first kappa shape index (κ1) is 35.5. The molecule has 2 aromatic carbocycles. The van der Waals surface area contributed by atoms with E-state index in [-0.39, 0.29) is 37.3 Å². The van der Waals surface area contributed by atoms with Gasteiger partial charge in [0.1, 0.15) is 36.5 Å². The fraction of sp³-hybridized carbons (Fsp3) is 0.323. The molecule has 1 aliphatic heterocycles. The molecule has 1 aromatic heterocycles. The first-order valence-electron chi connectivity index (χ1n) is 15.1. The number of rotatable bonds is 5. The normalized spacial score (nSPS) is 21.7. The van der Waals surface area contributed by atoms with Gasteiger partial charge in [-0.3, -0.25) is 34.1 Å². The Hall–Kier alpha value is -6.33. The molecular formula is C31H36N10O8. The summed E-state index contributed by atoms with van der Waals surface area (Å²) in [7, 11) is 0. The second-order valence-electron chi connectivity index (χ2n) is 11.3. The van der Waals surface area contributed by atoms with E-state index in [0.29, 0.717) is 11.1 Å². The maximum absolute atomic E-state index is 13.4. The molecule has 0 aliphatic carbocycles. The molecule has 2 heterocycles. The minimum atomic E-state index is -1.29. The molecule has 0 saturated carbocycles. The summed E-state index contributed by atoms with van der Waals surface area (Å²) >= 11 is 0. The quantitative estimate of drug-likeness (QED) is 0.138. The van der Waals surface area contributed by atoms with E-state index in [9.17, 15) is 38.7 Å². The van der Waals surface area contributed by atoms with E-state index in [0.717, 1.165) is 4.68 Å². The highest BCUT2D eigenvalue weighted by Crippen LogP contribution is 2.12. The number of nitrogens with one attached hydrogen (secondary N) is 6. The van der Waals surface area contributed by atoms with Crippen molar-refractivity contribution >= 4 is 41.5 Å². The van der Waals surface area contributed by atoms with E-state index >= 15 is 0 Å². The Labute approximate surface area is 279 Å². The number of hydrogen-bond donors (Lipinski definition) is 8. The second-order valence-corrected chi connectivity index (χ2v) is 11.3. The summed E-state index contributed by atoms with van der Waals surface area (Å²) in [5.41, 5.74) is 6.95. The molecule has 9 N–H and O–H groups in total. The van der Waals surface area contributed by atoms with Crippen LogP contribution < -0.4 is 37.6 Å². The summed E-state index contributed by atoms with van der Waals surface area (Å²) < 4.78 is 1.16. The monoisotopic (exact) mass is 676 g/mol. The Morgan fingerprint density at radius 1 is 0.837 bits per heavy atom. The van der Waals surface area contributed by atoms with E-state index in [1.807, 2.05) is 5.32 Å². The fourth-order valence-corrected chi connectivity index (χ4v) is 4.80. The number of imide groups is 1. The van der Waals surface area contributed by atoms with E-state index in [1.165, 1.54) is 25.3 Å². The number of aromatic nitrogens is 3. The molecule has 4 atom stereocenters. The number of amides is 8. The SMILES string of the molecule is C[C@@H]1NC(=O)Cn2cc(nn2)C[C@@H](C(N)=O)NC(=O)[C@@H](Cc2ccccc2)NC(=O)NC(=O)CNC(=O)C(Cc2ccc(O)cc2)NC1=O. The Balaban J connectivity index is 1.58. The van der Waals surface area contributed by atoms with Gasteiger partial charge in [0.15, 0.2) is 0 Å². The van der Waals surface area contributed by atoms with Gasteiger partial charge >= 0.3 is 6.03 Å². The second kappa shape index (κ2) is 16.5. The first-order valence-corrected chi connectivity index (χ1v) is 15.1. The number of primary amides is 1. The maximum atomic E-state index is 13.4. The highest BCUT2D eigenvalue weighted by atomic mass is 16.3. The summed E-state index contributed by atoms with van der Waals surface area (Å²) in [5, 5.41) is 31.8. The van der Waals surface area contributed by atoms with Gasteiger partial charge in [-0.05, 0) is 30.2 Å². The lowest BCUT2D eigenvalue weighted by molar-refractivity contribution is -0.132. The largest absolute Gasteiger partial charge is 0.508 e. The van der Waals surface area contributed by atoms with Crippen LogP contribution in [0.15, 0.2) is 60.8 Å². The Morgan fingerprint density at radius 2 is 1.49 bits per heavy atom. The molecule has 18 nitrogen and oxygen atoms in total. The van der Waals surface area contributed by atoms with Gasteiger partial charge in [-0.15, -0.1) is 5.10 Å². The molecule has 0 spiro atoms. The number of carbonyl (C=O) groups excluding carboxylic acids is 7. The molecule has 3 aromatic rings. The molecular weight excluding hydrogens is 640 g/mol. The Morgan fingerprint density at radius 3 is 2.16 bits per heavy atom. The van der Waals surface area contributed by atoms with Gasteiger partial charge in [-0.2, -0.15) is 0 Å². The summed E-state index contributed by atoms with van der Waals surface area (Å²) in [6.45, 7) is 0.346. The fourth-order valence-electron chi connectivity index (χ4n) is 4.80. The minimum absolute atomic E-state index is 0.0123. The molecule has 0 fully saturated rings. The lowest BCUT2D eigenvalue weighted by Crippen LogP contribution is -2.57. The topological polar surface area (TPSA) is 269 Å². The lowest BCUT2D eigenvalue weighted by Gasteiger charge is -2.22. The highest BCUT2D eigenvalue weighted by molar-refractivity contribution is 5.99. The van der Waals surface area contributed by atoms with Crippen LogP contribution in [0.3, 0.4) is 0 Å². The minimum Gasteiger partial charge on any atom is -0.508 e. The van der Waals surface area contributed by atoms with Gasteiger partial charge in [0.2, 0.25) is 35.4 Å².